The zero-order valence-electron chi connectivity index (χ0n) is 19.0. The van der Waals surface area contributed by atoms with Crippen LogP contribution in [-0.2, 0) is 0 Å². The number of hydrogen-bond acceptors (Lipinski definition) is 5. The smallest absolute Gasteiger partial charge is 0.118 e. The van der Waals surface area contributed by atoms with Gasteiger partial charge in [-0.25, -0.2) is 4.98 Å². The third-order valence-electron chi connectivity index (χ3n) is 7.25. The third kappa shape index (κ3) is 4.59. The van der Waals surface area contributed by atoms with Crippen molar-refractivity contribution in [2.75, 3.05) is 25.5 Å². The molecule has 0 atom stereocenters. The van der Waals surface area contributed by atoms with E-state index in [2.05, 4.69) is 52.7 Å². The van der Waals surface area contributed by atoms with Crippen LogP contribution in [0.15, 0.2) is 54.6 Å². The maximum absolute atomic E-state index is 6.11. The Balaban J connectivity index is 1.32. The third-order valence-corrected chi connectivity index (χ3v) is 7.25. The van der Waals surface area contributed by atoms with Gasteiger partial charge in [-0.15, -0.1) is 0 Å². The van der Waals surface area contributed by atoms with Crippen LogP contribution in [0.2, 0.25) is 0 Å². The SMILES string of the molecule is COc1ccc(-c2cc(NC3CCN(C4CCC(N)CC4)CC3)c3ccccc3n2)cc1. The number of nitrogens with zero attached hydrogens (tertiary/aromatic N) is 2. The summed E-state index contributed by atoms with van der Waals surface area (Å²) in [6.07, 6.45) is 7.24. The van der Waals surface area contributed by atoms with Crippen LogP contribution >= 0.6 is 0 Å². The van der Waals surface area contributed by atoms with Gasteiger partial charge in [-0.05, 0) is 74.9 Å². The number of anilines is 1. The van der Waals surface area contributed by atoms with Crippen molar-refractivity contribution in [1.29, 1.82) is 0 Å². The average molecular weight is 431 g/mol. The van der Waals surface area contributed by atoms with Crippen molar-refractivity contribution in [3.05, 3.63) is 54.6 Å². The highest BCUT2D eigenvalue weighted by molar-refractivity contribution is 5.93. The quantitative estimate of drug-likeness (QED) is 0.593. The van der Waals surface area contributed by atoms with Crippen LogP contribution in [0.25, 0.3) is 22.2 Å². The molecule has 2 heterocycles. The molecule has 5 heteroatoms. The molecule has 2 fully saturated rings. The molecule has 1 aliphatic heterocycles. The van der Waals surface area contributed by atoms with Crippen LogP contribution in [0.3, 0.4) is 0 Å². The standard InChI is InChI=1S/C27H34N4O/c1-32-23-12-6-19(7-13-23)26-18-27(24-4-2-3-5-25(24)30-26)29-21-14-16-31(17-15-21)22-10-8-20(28)9-11-22/h2-7,12-13,18,20-22H,8-11,14-17,28H2,1H3,(H,29,30). The summed E-state index contributed by atoms with van der Waals surface area (Å²) in [5, 5.41) is 5.06. The molecule has 0 bridgehead atoms. The first-order valence-corrected chi connectivity index (χ1v) is 12.0. The summed E-state index contributed by atoms with van der Waals surface area (Å²) < 4.78 is 5.31. The molecule has 2 aromatic carbocycles. The van der Waals surface area contributed by atoms with Crippen molar-refractivity contribution >= 4 is 16.6 Å². The molecule has 0 amide bonds. The lowest BCUT2D eigenvalue weighted by molar-refractivity contribution is 0.121. The van der Waals surface area contributed by atoms with Gasteiger partial charge in [0.25, 0.3) is 0 Å². The molecular formula is C27H34N4O. The number of aromatic nitrogens is 1. The van der Waals surface area contributed by atoms with Crippen LogP contribution < -0.4 is 15.8 Å². The van der Waals surface area contributed by atoms with E-state index in [4.69, 9.17) is 15.5 Å². The minimum absolute atomic E-state index is 0.422. The molecule has 0 unspecified atom stereocenters. The summed E-state index contributed by atoms with van der Waals surface area (Å²) in [6, 6.07) is 20.4. The van der Waals surface area contributed by atoms with Gasteiger partial charge in [0, 0.05) is 47.9 Å². The maximum atomic E-state index is 6.11. The zero-order valence-corrected chi connectivity index (χ0v) is 19.0. The highest BCUT2D eigenvalue weighted by Crippen LogP contribution is 2.31. The molecule has 3 N–H and O–H groups in total. The second-order valence-corrected chi connectivity index (χ2v) is 9.32. The molecule has 1 saturated carbocycles. The van der Waals surface area contributed by atoms with E-state index in [1.807, 2.05) is 12.1 Å². The summed E-state index contributed by atoms with van der Waals surface area (Å²) >= 11 is 0. The number of methoxy groups -OCH3 is 1. The second-order valence-electron chi connectivity index (χ2n) is 9.32. The predicted octanol–water partition coefficient (Wildman–Crippen LogP) is 5.06. The minimum atomic E-state index is 0.422. The van der Waals surface area contributed by atoms with E-state index in [1.165, 1.54) is 62.7 Å². The number of fused-ring (bicyclic) bond motifs is 1. The van der Waals surface area contributed by atoms with Gasteiger partial charge in [-0.2, -0.15) is 0 Å². The molecule has 168 valence electrons. The van der Waals surface area contributed by atoms with Crippen LogP contribution in [-0.4, -0.2) is 48.2 Å². The Morgan fingerprint density at radius 1 is 0.938 bits per heavy atom. The predicted molar refractivity (Wildman–Crippen MR) is 132 cm³/mol. The number of benzene rings is 2. The minimum Gasteiger partial charge on any atom is -0.497 e. The summed E-state index contributed by atoms with van der Waals surface area (Å²) in [6.45, 7) is 2.35. The maximum Gasteiger partial charge on any atom is 0.118 e. The molecule has 0 radical (unpaired) electrons. The van der Waals surface area contributed by atoms with Gasteiger partial charge < -0.3 is 20.7 Å². The highest BCUT2D eigenvalue weighted by atomic mass is 16.5. The number of ether oxygens (including phenoxy) is 1. The topological polar surface area (TPSA) is 63.4 Å². The Labute approximate surface area is 191 Å². The number of nitrogens with one attached hydrogen (secondary N) is 1. The van der Waals surface area contributed by atoms with E-state index >= 15 is 0 Å². The number of para-hydroxylation sites is 1. The van der Waals surface area contributed by atoms with Crippen molar-refractivity contribution < 1.29 is 4.74 Å². The van der Waals surface area contributed by atoms with Crippen LogP contribution in [0, 0.1) is 0 Å². The van der Waals surface area contributed by atoms with E-state index in [0.29, 0.717) is 12.1 Å². The van der Waals surface area contributed by atoms with E-state index in [1.54, 1.807) is 7.11 Å². The zero-order chi connectivity index (χ0) is 21.9. The summed E-state index contributed by atoms with van der Waals surface area (Å²) in [4.78, 5) is 7.64. The first-order chi connectivity index (χ1) is 15.7. The molecule has 1 aliphatic carbocycles. The molecule has 3 aromatic rings. The molecule has 5 rings (SSSR count). The van der Waals surface area contributed by atoms with Gasteiger partial charge in [0.05, 0.1) is 18.3 Å². The van der Waals surface area contributed by atoms with Crippen molar-refractivity contribution in [1.82, 2.24) is 9.88 Å². The summed E-state index contributed by atoms with van der Waals surface area (Å²) in [5.41, 5.74) is 10.4. The van der Waals surface area contributed by atoms with E-state index in [9.17, 15) is 0 Å². The average Bonchev–Trinajstić information content (AvgIpc) is 2.85. The van der Waals surface area contributed by atoms with Crippen molar-refractivity contribution in [2.45, 2.75) is 56.7 Å². The Bertz CT molecular complexity index is 1040. The summed E-state index contributed by atoms with van der Waals surface area (Å²) in [5.74, 6) is 0.861. The molecule has 0 spiro atoms. The fourth-order valence-corrected chi connectivity index (χ4v) is 5.30. The first-order valence-electron chi connectivity index (χ1n) is 12.0. The van der Waals surface area contributed by atoms with Gasteiger partial charge in [0.15, 0.2) is 0 Å². The molecule has 1 saturated heterocycles. The van der Waals surface area contributed by atoms with E-state index < -0.39 is 0 Å². The van der Waals surface area contributed by atoms with Gasteiger partial charge in [-0.1, -0.05) is 18.2 Å². The first kappa shape index (κ1) is 21.2. The number of piperidine rings is 1. The Morgan fingerprint density at radius 3 is 2.38 bits per heavy atom. The molecule has 5 nitrogen and oxygen atoms in total. The Kier molecular flexibility index (Phi) is 6.28. The number of hydrogen-bond donors (Lipinski definition) is 2. The number of rotatable bonds is 5. The van der Waals surface area contributed by atoms with E-state index in [0.717, 1.165) is 28.6 Å². The monoisotopic (exact) mass is 430 g/mol. The molecular weight excluding hydrogens is 396 g/mol. The van der Waals surface area contributed by atoms with E-state index in [-0.39, 0.29) is 0 Å². The van der Waals surface area contributed by atoms with Crippen molar-refractivity contribution in [2.24, 2.45) is 5.73 Å². The Hall–Kier alpha value is -2.63. The van der Waals surface area contributed by atoms with Gasteiger partial charge in [0.2, 0.25) is 0 Å². The molecule has 1 aromatic heterocycles. The largest absolute Gasteiger partial charge is 0.497 e. The lowest BCUT2D eigenvalue weighted by Crippen LogP contribution is -2.47. The second kappa shape index (κ2) is 9.47. The number of nitrogens with two attached hydrogens (primary N) is 1. The molecule has 32 heavy (non-hydrogen) atoms. The van der Waals surface area contributed by atoms with Crippen LogP contribution in [0.5, 0.6) is 5.75 Å². The highest BCUT2D eigenvalue weighted by Gasteiger charge is 2.28. The lowest BCUT2D eigenvalue weighted by Gasteiger charge is -2.40. The lowest BCUT2D eigenvalue weighted by atomic mass is 9.89. The van der Waals surface area contributed by atoms with Gasteiger partial charge in [0.1, 0.15) is 5.75 Å². The Morgan fingerprint density at radius 2 is 1.66 bits per heavy atom. The van der Waals surface area contributed by atoms with Crippen LogP contribution in [0.1, 0.15) is 38.5 Å². The van der Waals surface area contributed by atoms with Crippen LogP contribution in [0.4, 0.5) is 5.69 Å². The fraction of sp³-hybridized carbons (Fsp3) is 0.444. The van der Waals surface area contributed by atoms with Gasteiger partial charge in [-0.3, -0.25) is 0 Å². The number of pyridine rings is 1. The normalized spacial score (nSPS) is 22.7. The molecule has 2 aliphatic rings. The van der Waals surface area contributed by atoms with Crippen molar-refractivity contribution in [3.63, 3.8) is 0 Å². The van der Waals surface area contributed by atoms with Gasteiger partial charge >= 0.3 is 0 Å². The number of likely N-dealkylation sites (tertiary alicyclic amines) is 1. The van der Waals surface area contributed by atoms with Crippen molar-refractivity contribution in [3.8, 4) is 17.0 Å². The fourth-order valence-electron chi connectivity index (χ4n) is 5.30. The summed E-state index contributed by atoms with van der Waals surface area (Å²) in [7, 11) is 1.69.